The zero-order chi connectivity index (χ0) is 31.3. The largest absolute Gasteiger partial charge is 0.494 e. The quantitative estimate of drug-likeness (QED) is 0.263. The molecule has 11 heteroatoms. The molecule has 4 atom stereocenters. The van der Waals surface area contributed by atoms with Crippen LogP contribution in [0, 0.1) is 11.8 Å². The predicted molar refractivity (Wildman–Crippen MR) is 174 cm³/mol. The molecule has 3 fully saturated rings. The van der Waals surface area contributed by atoms with E-state index >= 15 is 0 Å². The van der Waals surface area contributed by atoms with Crippen molar-refractivity contribution in [1.29, 1.82) is 0 Å². The van der Waals surface area contributed by atoms with Crippen molar-refractivity contribution in [2.45, 2.75) is 50.4 Å². The highest BCUT2D eigenvalue weighted by Crippen LogP contribution is 2.41. The summed E-state index contributed by atoms with van der Waals surface area (Å²) in [5.41, 5.74) is 13.7. The van der Waals surface area contributed by atoms with Gasteiger partial charge >= 0.3 is 0 Å². The third-order valence-electron chi connectivity index (χ3n) is 10.5. The average Bonchev–Trinajstić information content (AvgIpc) is 3.48. The van der Waals surface area contributed by atoms with Gasteiger partial charge in [0.2, 0.25) is 0 Å². The van der Waals surface area contributed by atoms with E-state index in [-0.39, 0.29) is 24.5 Å². The number of azo groups is 1. The van der Waals surface area contributed by atoms with Gasteiger partial charge in [0.1, 0.15) is 23.0 Å². The maximum atomic E-state index is 13.7. The maximum Gasteiger partial charge on any atom is 0.254 e. The zero-order valence-electron chi connectivity index (χ0n) is 25.9. The van der Waals surface area contributed by atoms with Crippen molar-refractivity contribution in [3.05, 3.63) is 59.7 Å². The van der Waals surface area contributed by atoms with Gasteiger partial charge in [0.05, 0.1) is 36.2 Å². The van der Waals surface area contributed by atoms with Crippen LogP contribution in [0.3, 0.4) is 0 Å². The summed E-state index contributed by atoms with van der Waals surface area (Å²) in [6, 6.07) is 16.0. The van der Waals surface area contributed by atoms with Gasteiger partial charge in [-0.2, -0.15) is 10.2 Å². The molecule has 9 rings (SSSR count). The Balaban J connectivity index is 1.14. The minimum Gasteiger partial charge on any atom is -0.494 e. The lowest BCUT2D eigenvalue weighted by molar-refractivity contribution is 0.0700. The Morgan fingerprint density at radius 1 is 1.07 bits per heavy atom. The number of methoxy groups -OCH3 is 1. The molecular formula is C35H36N8O3. The van der Waals surface area contributed by atoms with Gasteiger partial charge < -0.3 is 29.6 Å². The van der Waals surface area contributed by atoms with Crippen molar-refractivity contribution in [2.24, 2.45) is 34.8 Å². The number of carbonyl (C=O) groups is 1. The first-order valence-corrected chi connectivity index (χ1v) is 16.2. The highest BCUT2D eigenvalue weighted by molar-refractivity contribution is 6.00. The van der Waals surface area contributed by atoms with Crippen LogP contribution >= 0.6 is 0 Å². The molecule has 11 nitrogen and oxygen atoms in total. The second-order valence-corrected chi connectivity index (χ2v) is 13.4. The molecule has 4 unspecified atom stereocenters. The highest BCUT2D eigenvalue weighted by atomic mass is 16.5. The molecule has 4 aliphatic rings. The first kappa shape index (κ1) is 27.7. The number of rotatable bonds is 6. The number of pyridine rings is 1. The number of aromatic nitrogens is 4. The Bertz CT molecular complexity index is 2090. The van der Waals surface area contributed by atoms with Crippen LogP contribution in [0.25, 0.3) is 44.8 Å². The Labute approximate surface area is 265 Å². The number of aryl methyl sites for hydroxylation is 1. The van der Waals surface area contributed by atoms with E-state index in [0.717, 1.165) is 69.8 Å². The molecule has 0 radical (unpaired) electrons. The molecule has 3 N–H and O–H groups in total. The predicted octanol–water partition coefficient (Wildman–Crippen LogP) is 5.37. The summed E-state index contributed by atoms with van der Waals surface area (Å²) < 4.78 is 10.2. The number of carbonyl (C=O) groups excluding carboxylic acids is 1. The molecule has 1 amide bonds. The summed E-state index contributed by atoms with van der Waals surface area (Å²) in [7, 11) is 3.64. The van der Waals surface area contributed by atoms with Crippen LogP contribution in [0.15, 0.2) is 58.8 Å². The third kappa shape index (κ3) is 4.21. The van der Waals surface area contributed by atoms with Gasteiger partial charge in [-0.05, 0) is 80.0 Å². The summed E-state index contributed by atoms with van der Waals surface area (Å²) >= 11 is 0. The molecule has 0 spiro atoms. The molecule has 5 aromatic rings. The minimum atomic E-state index is -0.671. The van der Waals surface area contributed by atoms with E-state index in [1.165, 1.54) is 12.8 Å². The molecule has 5 heterocycles. The van der Waals surface area contributed by atoms with Crippen molar-refractivity contribution in [3.8, 4) is 28.5 Å². The molecule has 1 saturated heterocycles. The van der Waals surface area contributed by atoms with Crippen LogP contribution in [0.4, 0.5) is 5.69 Å². The van der Waals surface area contributed by atoms with Crippen LogP contribution < -0.4 is 10.5 Å². The van der Waals surface area contributed by atoms with Gasteiger partial charge in [-0.1, -0.05) is 6.07 Å². The number of aliphatic hydroxyl groups is 1. The summed E-state index contributed by atoms with van der Waals surface area (Å²) in [4.78, 5) is 26.0. The Hall–Kier alpha value is -4.61. The van der Waals surface area contributed by atoms with Crippen LogP contribution in [0.1, 0.15) is 47.7 Å². The van der Waals surface area contributed by atoms with E-state index in [9.17, 15) is 9.90 Å². The van der Waals surface area contributed by atoms with Crippen molar-refractivity contribution in [1.82, 2.24) is 24.0 Å². The van der Waals surface area contributed by atoms with E-state index < -0.39 is 6.10 Å². The van der Waals surface area contributed by atoms with Crippen LogP contribution in [0.2, 0.25) is 0 Å². The molecular weight excluding hydrogens is 580 g/mol. The lowest BCUT2D eigenvalue weighted by Gasteiger charge is -2.27. The minimum absolute atomic E-state index is 0.00704. The van der Waals surface area contributed by atoms with Gasteiger partial charge in [0, 0.05) is 54.3 Å². The van der Waals surface area contributed by atoms with Gasteiger partial charge in [0.25, 0.3) is 5.91 Å². The van der Waals surface area contributed by atoms with Crippen LogP contribution in [0.5, 0.6) is 5.75 Å². The Morgan fingerprint density at radius 3 is 2.70 bits per heavy atom. The van der Waals surface area contributed by atoms with Gasteiger partial charge in [-0.3, -0.25) is 4.79 Å². The lowest BCUT2D eigenvalue weighted by atomic mass is 10.0. The fraction of sp³-hybridized carbons (Fsp3) is 0.400. The monoisotopic (exact) mass is 616 g/mol. The van der Waals surface area contributed by atoms with E-state index in [1.807, 2.05) is 48.3 Å². The molecule has 2 aliphatic heterocycles. The summed E-state index contributed by atoms with van der Waals surface area (Å²) in [5.74, 6) is 2.39. The van der Waals surface area contributed by atoms with Crippen molar-refractivity contribution in [3.63, 3.8) is 0 Å². The summed E-state index contributed by atoms with van der Waals surface area (Å²) in [6.45, 7) is 1.83. The van der Waals surface area contributed by atoms with Crippen molar-refractivity contribution < 1.29 is 14.6 Å². The molecule has 2 saturated carbocycles. The number of nitrogens with zero attached hydrogens (tertiary/aromatic N) is 7. The standard InChI is InChI=1S/C35H36N8O3/c1-41-32-26(12-22(14-30(32)46-2)35(45)43-17-21-7-10-27(43)31(21)36)39-34(41)28-13-20-6-8-24(38-33(20)42(28)16-18-3-4-18)19-5-9-25-23(11-19)29(44)15-37-40-25/h5-6,8-9,11-14,18,21,27,29,31,44H,3-4,7,10,15-17,36H2,1-2H3. The van der Waals surface area contributed by atoms with Crippen LogP contribution in [-0.4, -0.2) is 67.3 Å². The van der Waals surface area contributed by atoms with Crippen LogP contribution in [-0.2, 0) is 13.6 Å². The number of amides is 1. The molecule has 2 aliphatic carbocycles. The average molecular weight is 617 g/mol. The zero-order valence-corrected chi connectivity index (χ0v) is 25.9. The number of imidazole rings is 1. The van der Waals surface area contributed by atoms with Crippen molar-refractivity contribution in [2.75, 3.05) is 20.2 Å². The number of ether oxygens (including phenoxy) is 1. The van der Waals surface area contributed by atoms with E-state index in [2.05, 4.69) is 31.5 Å². The highest BCUT2D eigenvalue weighted by Gasteiger charge is 2.47. The Kier molecular flexibility index (Phi) is 6.14. The number of piperidine rings is 1. The fourth-order valence-corrected chi connectivity index (χ4v) is 7.85. The van der Waals surface area contributed by atoms with E-state index in [4.69, 9.17) is 20.4 Å². The van der Waals surface area contributed by atoms with E-state index in [0.29, 0.717) is 35.4 Å². The van der Waals surface area contributed by atoms with Gasteiger partial charge in [-0.25, -0.2) is 9.97 Å². The van der Waals surface area contributed by atoms with E-state index in [1.54, 1.807) is 7.11 Å². The SMILES string of the molecule is COc1cc(C(=O)N2CC3CCC2C3N)cc2nc(-c3cc4ccc(-c5ccc6c(c5)C(O)CN=N6)nc4n3CC3CC3)n(C)c12. The summed E-state index contributed by atoms with van der Waals surface area (Å²) in [5, 5.41) is 19.8. The molecule has 2 bridgehead atoms. The molecule has 234 valence electrons. The number of likely N-dealkylation sites (tertiary alicyclic amines) is 1. The third-order valence-corrected chi connectivity index (χ3v) is 10.5. The topological polar surface area (TPSA) is 136 Å². The number of nitrogens with two attached hydrogens (primary N) is 1. The maximum absolute atomic E-state index is 13.7. The lowest BCUT2D eigenvalue weighted by Crippen LogP contribution is -2.41. The molecule has 2 aromatic carbocycles. The normalized spacial score (nSPS) is 23.5. The molecule has 46 heavy (non-hydrogen) atoms. The second kappa shape index (κ2) is 10.2. The molecule has 3 aromatic heterocycles. The van der Waals surface area contributed by atoms with Gasteiger partial charge in [0.15, 0.2) is 5.82 Å². The van der Waals surface area contributed by atoms with Gasteiger partial charge in [-0.15, -0.1) is 0 Å². The Morgan fingerprint density at radius 2 is 1.93 bits per heavy atom. The number of aliphatic hydroxyl groups excluding tert-OH is 1. The first-order chi connectivity index (χ1) is 22.4. The summed E-state index contributed by atoms with van der Waals surface area (Å²) in [6.07, 6.45) is 3.78. The number of benzene rings is 2. The second-order valence-electron chi connectivity index (χ2n) is 13.4. The first-order valence-electron chi connectivity index (χ1n) is 16.2. The number of fused-ring (bicyclic) bond motifs is 5. The smallest absolute Gasteiger partial charge is 0.254 e. The number of hydrogen-bond acceptors (Lipinski definition) is 8. The number of hydrogen-bond donors (Lipinski definition) is 2. The fourth-order valence-electron chi connectivity index (χ4n) is 7.85. The van der Waals surface area contributed by atoms with Crippen molar-refractivity contribution >= 4 is 33.7 Å².